The van der Waals surface area contributed by atoms with E-state index < -0.39 is 16.0 Å². The highest BCUT2D eigenvalue weighted by molar-refractivity contribution is 7.89. The predicted octanol–water partition coefficient (Wildman–Crippen LogP) is 1.99. The number of benzene rings is 1. The quantitative estimate of drug-likeness (QED) is 0.795. The summed E-state index contributed by atoms with van der Waals surface area (Å²) in [5.74, 6) is -1.02. The van der Waals surface area contributed by atoms with E-state index in [1.165, 1.54) is 18.2 Å². The number of carboxylic acid groups (broad SMARTS) is 1. The van der Waals surface area contributed by atoms with Gasteiger partial charge in [0.1, 0.15) is 6.07 Å². The zero-order chi connectivity index (χ0) is 16.0. The third kappa shape index (κ3) is 5.34. The number of nitrogens with one attached hydrogen (secondary N) is 1. The second-order valence-corrected chi connectivity index (χ2v) is 6.82. The van der Waals surface area contributed by atoms with Crippen LogP contribution in [0, 0.1) is 17.2 Å². The molecule has 0 spiro atoms. The number of halogens is 1. The van der Waals surface area contributed by atoms with Gasteiger partial charge in [0.2, 0.25) is 10.0 Å². The summed E-state index contributed by atoms with van der Waals surface area (Å²) in [5.41, 5.74) is 0.199. The molecule has 0 aliphatic rings. The Balaban J connectivity index is 2.72. The Morgan fingerprint density at radius 3 is 2.71 bits per heavy atom. The molecular formula is C13H15ClN2O4S. The first-order chi connectivity index (χ1) is 9.76. The highest BCUT2D eigenvalue weighted by Crippen LogP contribution is 2.20. The van der Waals surface area contributed by atoms with Gasteiger partial charge in [0.25, 0.3) is 0 Å². The molecule has 8 heteroatoms. The van der Waals surface area contributed by atoms with Crippen molar-refractivity contribution < 1.29 is 18.3 Å². The summed E-state index contributed by atoms with van der Waals surface area (Å²) in [6.45, 7) is 1.89. The maximum Gasteiger partial charge on any atom is 0.303 e. The van der Waals surface area contributed by atoms with Crippen LogP contribution in [0.1, 0.15) is 25.3 Å². The molecule has 0 heterocycles. The molecule has 114 valence electrons. The van der Waals surface area contributed by atoms with Gasteiger partial charge in [-0.25, -0.2) is 13.1 Å². The molecular weight excluding hydrogens is 316 g/mol. The third-order valence-electron chi connectivity index (χ3n) is 2.84. The largest absolute Gasteiger partial charge is 0.481 e. The Hall–Kier alpha value is -1.62. The van der Waals surface area contributed by atoms with Crippen LogP contribution in [-0.4, -0.2) is 26.0 Å². The molecule has 1 rings (SSSR count). The molecule has 0 fully saturated rings. The van der Waals surface area contributed by atoms with E-state index in [1.54, 1.807) is 6.92 Å². The number of sulfonamides is 1. The molecule has 2 N–H and O–H groups in total. The molecule has 1 aromatic carbocycles. The van der Waals surface area contributed by atoms with E-state index in [0.717, 1.165) is 0 Å². The Labute approximate surface area is 128 Å². The SMILES string of the molecule is CC(CCC(=O)O)CNS(=O)(=O)c1ccc(C#N)c(Cl)c1. The lowest BCUT2D eigenvalue weighted by Gasteiger charge is -2.12. The standard InChI is InChI=1S/C13H15ClN2O4S/c1-9(2-5-13(17)18)8-16-21(19,20)11-4-3-10(7-15)12(14)6-11/h3-4,6,9,16H,2,5,8H2,1H3,(H,17,18). The van der Waals surface area contributed by atoms with E-state index >= 15 is 0 Å². The van der Waals surface area contributed by atoms with Crippen LogP contribution in [-0.2, 0) is 14.8 Å². The van der Waals surface area contributed by atoms with Crippen molar-refractivity contribution in [3.8, 4) is 6.07 Å². The average Bonchev–Trinajstić information content (AvgIpc) is 2.42. The Morgan fingerprint density at radius 2 is 2.19 bits per heavy atom. The highest BCUT2D eigenvalue weighted by atomic mass is 35.5. The molecule has 0 bridgehead atoms. The number of rotatable bonds is 7. The fourth-order valence-electron chi connectivity index (χ4n) is 1.56. The van der Waals surface area contributed by atoms with Crippen LogP contribution < -0.4 is 4.72 Å². The summed E-state index contributed by atoms with van der Waals surface area (Å²) in [4.78, 5) is 10.4. The van der Waals surface area contributed by atoms with E-state index in [4.69, 9.17) is 22.0 Å². The number of nitriles is 1. The number of carbonyl (C=O) groups is 1. The van der Waals surface area contributed by atoms with E-state index in [9.17, 15) is 13.2 Å². The molecule has 21 heavy (non-hydrogen) atoms. The van der Waals surface area contributed by atoms with Crippen LogP contribution in [0.3, 0.4) is 0 Å². The van der Waals surface area contributed by atoms with Crippen molar-refractivity contribution >= 4 is 27.6 Å². The average molecular weight is 331 g/mol. The van der Waals surface area contributed by atoms with Gasteiger partial charge in [-0.1, -0.05) is 18.5 Å². The molecule has 1 aromatic rings. The summed E-state index contributed by atoms with van der Waals surface area (Å²) in [7, 11) is -3.73. The number of carboxylic acids is 1. The minimum absolute atomic E-state index is 0.00834. The fourth-order valence-corrected chi connectivity index (χ4v) is 3.04. The van der Waals surface area contributed by atoms with Gasteiger partial charge in [0.15, 0.2) is 0 Å². The maximum absolute atomic E-state index is 12.1. The van der Waals surface area contributed by atoms with Crippen LogP contribution in [0.2, 0.25) is 5.02 Å². The summed E-state index contributed by atoms with van der Waals surface area (Å²) >= 11 is 5.80. The third-order valence-corrected chi connectivity index (χ3v) is 4.58. The number of hydrogen-bond donors (Lipinski definition) is 2. The maximum atomic E-state index is 12.1. The normalized spacial score (nSPS) is 12.6. The lowest BCUT2D eigenvalue weighted by Crippen LogP contribution is -2.28. The molecule has 1 atom stereocenters. The van der Waals surface area contributed by atoms with E-state index in [1.807, 2.05) is 6.07 Å². The van der Waals surface area contributed by atoms with Crippen molar-refractivity contribution in [3.63, 3.8) is 0 Å². The van der Waals surface area contributed by atoms with Crippen LogP contribution in [0.5, 0.6) is 0 Å². The summed E-state index contributed by atoms with van der Waals surface area (Å²) in [6, 6.07) is 5.70. The Kier molecular flexibility index (Phi) is 6.15. The number of hydrogen-bond acceptors (Lipinski definition) is 4. The second kappa shape index (κ2) is 7.41. The van der Waals surface area contributed by atoms with Gasteiger partial charge in [0.05, 0.1) is 15.5 Å². The van der Waals surface area contributed by atoms with Gasteiger partial charge in [-0.2, -0.15) is 5.26 Å². The molecule has 0 aliphatic carbocycles. The van der Waals surface area contributed by atoms with Gasteiger partial charge in [-0.3, -0.25) is 4.79 Å². The van der Waals surface area contributed by atoms with Crippen molar-refractivity contribution in [2.75, 3.05) is 6.54 Å². The van der Waals surface area contributed by atoms with Crippen molar-refractivity contribution in [2.24, 2.45) is 5.92 Å². The number of aliphatic carboxylic acids is 1. The zero-order valence-corrected chi connectivity index (χ0v) is 12.9. The van der Waals surface area contributed by atoms with Gasteiger partial charge >= 0.3 is 5.97 Å². The lowest BCUT2D eigenvalue weighted by atomic mass is 10.1. The number of nitrogens with zero attached hydrogens (tertiary/aromatic N) is 1. The Bertz CT molecular complexity index is 667. The van der Waals surface area contributed by atoms with Crippen molar-refractivity contribution in [2.45, 2.75) is 24.7 Å². The molecule has 0 radical (unpaired) electrons. The highest BCUT2D eigenvalue weighted by Gasteiger charge is 2.17. The Morgan fingerprint density at radius 1 is 1.52 bits per heavy atom. The van der Waals surface area contributed by atoms with E-state index in [-0.39, 0.29) is 34.4 Å². The van der Waals surface area contributed by atoms with Gasteiger partial charge in [-0.05, 0) is 30.5 Å². The summed E-state index contributed by atoms with van der Waals surface area (Å²) in [5, 5.41) is 17.4. The predicted molar refractivity (Wildman–Crippen MR) is 77.4 cm³/mol. The minimum Gasteiger partial charge on any atom is -0.481 e. The molecule has 6 nitrogen and oxygen atoms in total. The topological polar surface area (TPSA) is 107 Å². The van der Waals surface area contributed by atoms with Crippen LogP contribution >= 0.6 is 11.6 Å². The molecule has 0 saturated carbocycles. The lowest BCUT2D eigenvalue weighted by molar-refractivity contribution is -0.137. The van der Waals surface area contributed by atoms with E-state index in [0.29, 0.717) is 6.42 Å². The smallest absolute Gasteiger partial charge is 0.303 e. The first kappa shape index (κ1) is 17.4. The van der Waals surface area contributed by atoms with Gasteiger partial charge in [-0.15, -0.1) is 0 Å². The van der Waals surface area contributed by atoms with Crippen molar-refractivity contribution in [1.82, 2.24) is 4.72 Å². The van der Waals surface area contributed by atoms with Crippen molar-refractivity contribution in [1.29, 1.82) is 5.26 Å². The van der Waals surface area contributed by atoms with Crippen LogP contribution in [0.4, 0.5) is 0 Å². The van der Waals surface area contributed by atoms with Gasteiger partial charge in [0, 0.05) is 13.0 Å². The molecule has 0 aliphatic heterocycles. The monoisotopic (exact) mass is 330 g/mol. The van der Waals surface area contributed by atoms with E-state index in [2.05, 4.69) is 4.72 Å². The second-order valence-electron chi connectivity index (χ2n) is 4.64. The molecule has 1 unspecified atom stereocenters. The zero-order valence-electron chi connectivity index (χ0n) is 11.3. The fraction of sp³-hybridized carbons (Fsp3) is 0.385. The van der Waals surface area contributed by atoms with Gasteiger partial charge < -0.3 is 5.11 Å². The first-order valence-electron chi connectivity index (χ1n) is 6.17. The molecule has 0 saturated heterocycles. The van der Waals surface area contributed by atoms with Crippen LogP contribution in [0.15, 0.2) is 23.1 Å². The summed E-state index contributed by atoms with van der Waals surface area (Å²) < 4.78 is 26.5. The van der Waals surface area contributed by atoms with Crippen LogP contribution in [0.25, 0.3) is 0 Å². The van der Waals surface area contributed by atoms with Crippen molar-refractivity contribution in [3.05, 3.63) is 28.8 Å². The molecule has 0 aromatic heterocycles. The summed E-state index contributed by atoms with van der Waals surface area (Å²) in [6.07, 6.45) is 0.373. The molecule has 0 amide bonds. The first-order valence-corrected chi connectivity index (χ1v) is 8.03. The minimum atomic E-state index is -3.73.